The van der Waals surface area contributed by atoms with Crippen molar-refractivity contribution in [3.05, 3.63) is 0 Å². The number of amides is 1. The fraction of sp³-hybridized carbons (Fsp3) is 0.941. The molecule has 2 saturated carbocycles. The predicted molar refractivity (Wildman–Crippen MR) is 83.5 cm³/mol. The molecule has 0 aliphatic heterocycles. The van der Waals surface area contributed by atoms with E-state index >= 15 is 0 Å². The molecule has 0 heterocycles. The smallest absolute Gasteiger partial charge is 0.239 e. The van der Waals surface area contributed by atoms with Gasteiger partial charge in [-0.25, -0.2) is 0 Å². The summed E-state index contributed by atoms with van der Waals surface area (Å²) in [5, 5.41) is 3.70. The van der Waals surface area contributed by atoms with Crippen LogP contribution in [-0.2, 0) is 4.79 Å². The van der Waals surface area contributed by atoms with Crippen molar-refractivity contribution in [2.45, 2.75) is 72.9 Å². The predicted octanol–water partition coefficient (Wildman–Crippen LogP) is 3.05. The molecule has 3 heteroatoms. The molecule has 3 nitrogen and oxygen atoms in total. The molecule has 2 rings (SSSR count). The van der Waals surface area contributed by atoms with Crippen LogP contribution in [-0.4, -0.2) is 36.0 Å². The lowest BCUT2D eigenvalue weighted by atomic mass is 9.68. The Morgan fingerprint density at radius 2 is 1.90 bits per heavy atom. The van der Waals surface area contributed by atoms with Crippen LogP contribution < -0.4 is 5.32 Å². The van der Waals surface area contributed by atoms with Crippen LogP contribution in [0, 0.1) is 16.7 Å². The van der Waals surface area contributed by atoms with Gasteiger partial charge in [0.2, 0.25) is 5.91 Å². The van der Waals surface area contributed by atoms with Crippen molar-refractivity contribution >= 4 is 5.91 Å². The second-order valence-corrected chi connectivity index (χ2v) is 7.75. The largest absolute Gasteiger partial charge is 0.342 e. The fourth-order valence-corrected chi connectivity index (χ4v) is 4.85. The minimum Gasteiger partial charge on any atom is -0.342 e. The van der Waals surface area contributed by atoms with Crippen LogP contribution in [0.4, 0.5) is 0 Å². The molecule has 0 saturated heterocycles. The number of nitrogens with one attached hydrogen (secondary N) is 1. The van der Waals surface area contributed by atoms with Gasteiger partial charge in [0.25, 0.3) is 0 Å². The van der Waals surface area contributed by atoms with Crippen molar-refractivity contribution in [2.75, 3.05) is 13.1 Å². The highest BCUT2D eigenvalue weighted by Crippen LogP contribution is 2.62. The van der Waals surface area contributed by atoms with Crippen LogP contribution in [0.5, 0.6) is 0 Å². The molecule has 4 unspecified atom stereocenters. The lowest BCUT2D eigenvalue weighted by molar-refractivity contribution is -0.133. The van der Waals surface area contributed by atoms with E-state index in [0.717, 1.165) is 19.0 Å². The summed E-state index contributed by atoms with van der Waals surface area (Å²) in [6.45, 7) is 14.9. The molecule has 0 aromatic heterocycles. The highest BCUT2D eigenvalue weighted by molar-refractivity contribution is 5.81. The molecule has 1 amide bonds. The standard InChI is InChI=1S/C17H32N2O/c1-7-19(8-2)14(20)12(3)18-15-16(4,5)13-9-10-17(15,6)11-13/h12-13,15,18H,7-11H2,1-6H3. The maximum atomic E-state index is 12.5. The third-order valence-electron chi connectivity index (χ3n) is 6.13. The van der Waals surface area contributed by atoms with Crippen LogP contribution in [0.15, 0.2) is 0 Å². The van der Waals surface area contributed by atoms with Gasteiger partial charge >= 0.3 is 0 Å². The van der Waals surface area contributed by atoms with E-state index in [0.29, 0.717) is 16.9 Å². The number of fused-ring (bicyclic) bond motifs is 2. The van der Waals surface area contributed by atoms with E-state index < -0.39 is 0 Å². The highest BCUT2D eigenvalue weighted by atomic mass is 16.2. The molecule has 116 valence electrons. The van der Waals surface area contributed by atoms with Gasteiger partial charge in [-0.2, -0.15) is 0 Å². The molecule has 0 aromatic rings. The van der Waals surface area contributed by atoms with Crippen molar-refractivity contribution < 1.29 is 4.79 Å². The molecule has 20 heavy (non-hydrogen) atoms. The molecule has 0 radical (unpaired) electrons. The van der Waals surface area contributed by atoms with Crippen LogP contribution in [0.2, 0.25) is 0 Å². The maximum absolute atomic E-state index is 12.5. The van der Waals surface area contributed by atoms with E-state index in [-0.39, 0.29) is 11.9 Å². The van der Waals surface area contributed by atoms with Crippen molar-refractivity contribution in [3.8, 4) is 0 Å². The second kappa shape index (κ2) is 5.32. The summed E-state index contributed by atoms with van der Waals surface area (Å²) in [6, 6.07) is 0.388. The summed E-state index contributed by atoms with van der Waals surface area (Å²) in [4.78, 5) is 14.4. The molecule has 0 aromatic carbocycles. The molecule has 2 fully saturated rings. The van der Waals surface area contributed by atoms with E-state index in [9.17, 15) is 4.79 Å². The van der Waals surface area contributed by atoms with E-state index in [1.807, 2.05) is 11.8 Å². The lowest BCUT2D eigenvalue weighted by Gasteiger charge is -2.44. The summed E-state index contributed by atoms with van der Waals surface area (Å²) in [5.41, 5.74) is 0.691. The van der Waals surface area contributed by atoms with Crippen LogP contribution >= 0.6 is 0 Å². The molecule has 1 N–H and O–H groups in total. The number of carbonyl (C=O) groups excluding carboxylic acids is 1. The van der Waals surface area contributed by atoms with Gasteiger partial charge in [-0.3, -0.25) is 4.79 Å². The zero-order valence-electron chi connectivity index (χ0n) is 14.1. The number of hydrogen-bond acceptors (Lipinski definition) is 2. The van der Waals surface area contributed by atoms with E-state index in [1.165, 1.54) is 19.3 Å². The summed E-state index contributed by atoms with van der Waals surface area (Å²) >= 11 is 0. The van der Waals surface area contributed by atoms with E-state index in [1.54, 1.807) is 0 Å². The Bertz CT molecular complexity index is 370. The Morgan fingerprint density at radius 1 is 1.30 bits per heavy atom. The Balaban J connectivity index is 2.08. The summed E-state index contributed by atoms with van der Waals surface area (Å²) < 4.78 is 0. The molecule has 2 aliphatic carbocycles. The van der Waals surface area contributed by atoms with Crippen LogP contribution in [0.1, 0.15) is 60.8 Å². The highest BCUT2D eigenvalue weighted by Gasteiger charge is 2.59. The first kappa shape index (κ1) is 15.8. The van der Waals surface area contributed by atoms with Crippen LogP contribution in [0.3, 0.4) is 0 Å². The van der Waals surface area contributed by atoms with Gasteiger partial charge in [0.1, 0.15) is 0 Å². The van der Waals surface area contributed by atoms with Gasteiger partial charge in [-0.05, 0) is 56.8 Å². The van der Waals surface area contributed by atoms with Gasteiger partial charge in [0.05, 0.1) is 6.04 Å². The Kier molecular flexibility index (Phi) is 4.21. The Morgan fingerprint density at radius 3 is 2.35 bits per heavy atom. The molecule has 4 atom stereocenters. The van der Waals surface area contributed by atoms with Gasteiger partial charge < -0.3 is 10.2 Å². The van der Waals surface area contributed by atoms with Crippen molar-refractivity contribution in [3.63, 3.8) is 0 Å². The van der Waals surface area contributed by atoms with Gasteiger partial charge in [-0.15, -0.1) is 0 Å². The van der Waals surface area contributed by atoms with Crippen molar-refractivity contribution in [1.82, 2.24) is 10.2 Å². The average Bonchev–Trinajstić information content (AvgIpc) is 2.87. The molecule has 0 spiro atoms. The third-order valence-corrected chi connectivity index (χ3v) is 6.13. The third kappa shape index (κ3) is 2.38. The van der Waals surface area contributed by atoms with E-state index in [4.69, 9.17) is 0 Å². The lowest BCUT2D eigenvalue weighted by Crippen LogP contribution is -2.57. The summed E-state index contributed by atoms with van der Waals surface area (Å²) in [7, 11) is 0. The average molecular weight is 280 g/mol. The zero-order valence-corrected chi connectivity index (χ0v) is 14.1. The maximum Gasteiger partial charge on any atom is 0.239 e. The SMILES string of the molecule is CCN(CC)C(=O)C(C)NC1C2(C)CCC(C2)C1(C)C. The minimum absolute atomic E-state index is 0.0737. The Labute approximate surface area is 124 Å². The van der Waals surface area contributed by atoms with Gasteiger partial charge in [0, 0.05) is 19.1 Å². The molecule has 2 bridgehead atoms. The quantitative estimate of drug-likeness (QED) is 0.839. The van der Waals surface area contributed by atoms with Crippen molar-refractivity contribution in [1.29, 1.82) is 0 Å². The zero-order chi connectivity index (χ0) is 15.1. The number of hydrogen-bond donors (Lipinski definition) is 1. The van der Waals surface area contributed by atoms with Crippen LogP contribution in [0.25, 0.3) is 0 Å². The number of rotatable bonds is 5. The summed E-state index contributed by atoms with van der Waals surface area (Å²) in [5.74, 6) is 1.07. The number of likely N-dealkylation sites (N-methyl/N-ethyl adjacent to an activating group) is 1. The number of carbonyl (C=O) groups is 1. The first-order valence-corrected chi connectivity index (χ1v) is 8.31. The monoisotopic (exact) mass is 280 g/mol. The molecular formula is C17H32N2O. The fourth-order valence-electron chi connectivity index (χ4n) is 4.85. The minimum atomic E-state index is -0.0737. The van der Waals surface area contributed by atoms with Gasteiger partial charge in [0.15, 0.2) is 0 Å². The first-order valence-electron chi connectivity index (χ1n) is 8.31. The topological polar surface area (TPSA) is 32.3 Å². The first-order chi connectivity index (χ1) is 9.26. The molecular weight excluding hydrogens is 248 g/mol. The van der Waals surface area contributed by atoms with Gasteiger partial charge in [-0.1, -0.05) is 20.8 Å². The van der Waals surface area contributed by atoms with E-state index in [2.05, 4.69) is 39.9 Å². The summed E-state index contributed by atoms with van der Waals surface area (Å²) in [6.07, 6.45) is 3.99. The normalized spacial score (nSPS) is 36.1. The second-order valence-electron chi connectivity index (χ2n) is 7.75. The van der Waals surface area contributed by atoms with Crippen molar-refractivity contribution in [2.24, 2.45) is 16.7 Å². The molecule has 2 aliphatic rings. The Hall–Kier alpha value is -0.570. The number of nitrogens with zero attached hydrogens (tertiary/aromatic N) is 1.